The number of methoxy groups -OCH3 is 2. The fourth-order valence-corrected chi connectivity index (χ4v) is 10.7. The number of hydrogen-bond acceptors (Lipinski definition) is 15. The van der Waals surface area contributed by atoms with E-state index in [1.807, 2.05) is 71.9 Å². The Morgan fingerprint density at radius 3 is 2.06 bits per heavy atom. The van der Waals surface area contributed by atoms with Crippen LogP contribution in [-0.2, 0) is 60.7 Å². The summed E-state index contributed by atoms with van der Waals surface area (Å²) < 4.78 is 23.0. The number of amides is 8. The summed E-state index contributed by atoms with van der Waals surface area (Å²) in [6, 6.07) is 11.2. The third-order valence-corrected chi connectivity index (χ3v) is 15.8. The number of rotatable bonds is 35. The molecule has 2 unspecified atom stereocenters. The van der Waals surface area contributed by atoms with Crippen molar-refractivity contribution in [2.24, 2.45) is 52.0 Å². The highest BCUT2D eigenvalue weighted by atomic mass is 16.6. The van der Waals surface area contributed by atoms with Crippen molar-refractivity contribution >= 4 is 59.5 Å². The van der Waals surface area contributed by atoms with Gasteiger partial charge in [0.15, 0.2) is 5.72 Å². The lowest BCUT2D eigenvalue weighted by Crippen LogP contribution is -2.60. The van der Waals surface area contributed by atoms with E-state index in [1.54, 1.807) is 64.0 Å². The van der Waals surface area contributed by atoms with E-state index in [0.29, 0.717) is 36.2 Å². The first-order chi connectivity index (χ1) is 40.6. The van der Waals surface area contributed by atoms with Crippen molar-refractivity contribution in [1.29, 1.82) is 0 Å². The number of nitrogens with two attached hydrogens (primary N) is 2. The zero-order chi connectivity index (χ0) is 64.6. The molecule has 8 amide bonds. The minimum absolute atomic E-state index is 0.0212. The highest BCUT2D eigenvalue weighted by Crippen LogP contribution is 2.37. The van der Waals surface area contributed by atoms with Gasteiger partial charge in [-0.25, -0.2) is 14.6 Å². The standard InChI is InChI=1S/C63H98N10O13/c1-16-33-85-60(79)46(34-44-23-19-18-20-24-44)36-67-56(75)42(10)55(84-15)63(82)30-22-32-73(63)50(74)35-49(83-14)54(41(9)17-2)71(12)59(78)52(39(5)6)68-43(11)53(40(7)8)72(13)62(81)86-37-45-26-28-47(29-27-45)69-57(76)48(25-21-31-66-61(65)80)70-58(77)51(64)38(3)4/h16,18-20,23-24,26-29,36,38-42,46,48-49,51-55,68,82H,1,11,17,21-22,25,30-35,37,64H2,2-10,12-15H3,(H,69,76)(H,70,77)(H3,65,66,80)/t41-,42+,46?,48-,49+,51?,52-,53-,54-,55+,63-/m0/s1. The third kappa shape index (κ3) is 21.0. The van der Waals surface area contributed by atoms with Crippen LogP contribution in [0.2, 0.25) is 0 Å². The zero-order valence-corrected chi connectivity index (χ0v) is 52.8. The van der Waals surface area contributed by atoms with Gasteiger partial charge in [0.2, 0.25) is 23.6 Å². The van der Waals surface area contributed by atoms with Gasteiger partial charge in [0, 0.05) is 59.0 Å². The Labute approximate surface area is 508 Å². The molecular formula is C63H98N10O13. The van der Waals surface area contributed by atoms with Crippen LogP contribution in [0.1, 0.15) is 112 Å². The number of carbonyl (C=O) groups is 8. The minimum Gasteiger partial charge on any atom is -0.461 e. The molecule has 11 atom stereocenters. The number of nitrogens with one attached hydrogen (secondary N) is 4. The molecule has 2 aromatic carbocycles. The molecule has 1 saturated heterocycles. The van der Waals surface area contributed by atoms with Gasteiger partial charge in [0.05, 0.1) is 42.5 Å². The van der Waals surface area contributed by atoms with Gasteiger partial charge in [0.1, 0.15) is 31.4 Å². The summed E-state index contributed by atoms with van der Waals surface area (Å²) in [5.41, 5.74) is 11.5. The van der Waals surface area contributed by atoms with Crippen LogP contribution in [0.25, 0.3) is 0 Å². The molecule has 3 rings (SSSR count). The lowest BCUT2D eigenvalue weighted by atomic mass is 9.88. The zero-order valence-electron chi connectivity index (χ0n) is 52.8. The molecule has 1 aliphatic rings. The van der Waals surface area contributed by atoms with Gasteiger partial charge in [0.25, 0.3) is 5.91 Å². The Hall–Kier alpha value is -7.21. The largest absolute Gasteiger partial charge is 0.461 e. The number of ether oxygens (including phenoxy) is 4. The van der Waals surface area contributed by atoms with Crippen molar-refractivity contribution in [3.8, 4) is 0 Å². The molecule has 1 heterocycles. The van der Waals surface area contributed by atoms with Crippen LogP contribution in [0.4, 0.5) is 15.3 Å². The molecule has 478 valence electrons. The number of likely N-dealkylation sites (tertiary alicyclic amines) is 1. The van der Waals surface area contributed by atoms with E-state index in [4.69, 9.17) is 30.4 Å². The van der Waals surface area contributed by atoms with Crippen LogP contribution >= 0.6 is 0 Å². The summed E-state index contributed by atoms with van der Waals surface area (Å²) in [4.78, 5) is 116. The predicted molar refractivity (Wildman–Crippen MR) is 330 cm³/mol. The number of anilines is 1. The fourth-order valence-electron chi connectivity index (χ4n) is 10.7. The van der Waals surface area contributed by atoms with E-state index in [0.717, 1.165) is 5.56 Å². The minimum atomic E-state index is -1.92. The fraction of sp³-hybridized carbons (Fsp3) is 0.603. The molecule has 23 nitrogen and oxygen atoms in total. The normalized spacial score (nSPS) is 17.7. The maximum absolute atomic E-state index is 14.9. The summed E-state index contributed by atoms with van der Waals surface area (Å²) in [5, 5.41) is 23.8. The number of hydrogen-bond donors (Lipinski definition) is 7. The summed E-state index contributed by atoms with van der Waals surface area (Å²) in [6.07, 6.45) is 1.61. The first-order valence-electron chi connectivity index (χ1n) is 29.7. The van der Waals surface area contributed by atoms with Gasteiger partial charge in [-0.3, -0.25) is 28.8 Å². The Morgan fingerprint density at radius 2 is 1.50 bits per heavy atom. The average Bonchev–Trinajstić information content (AvgIpc) is 2.34. The van der Waals surface area contributed by atoms with Gasteiger partial charge in [-0.1, -0.05) is 130 Å². The number of likely N-dealkylation sites (N-methyl/N-ethyl adjacent to an activating group) is 2. The molecule has 0 saturated carbocycles. The topological polar surface area (TPSA) is 316 Å². The smallest absolute Gasteiger partial charge is 0.410 e. The summed E-state index contributed by atoms with van der Waals surface area (Å²) in [6.45, 7) is 24.8. The average molecular weight is 1200 g/mol. The maximum atomic E-state index is 14.9. The number of urea groups is 1. The van der Waals surface area contributed by atoms with Crippen molar-refractivity contribution in [2.45, 2.75) is 162 Å². The number of benzene rings is 2. The van der Waals surface area contributed by atoms with Crippen molar-refractivity contribution in [3.63, 3.8) is 0 Å². The Balaban J connectivity index is 1.75. The molecule has 86 heavy (non-hydrogen) atoms. The highest BCUT2D eigenvalue weighted by Gasteiger charge is 2.52. The van der Waals surface area contributed by atoms with E-state index in [-0.39, 0.29) is 81.6 Å². The summed E-state index contributed by atoms with van der Waals surface area (Å²) >= 11 is 0. The van der Waals surface area contributed by atoms with Crippen LogP contribution in [-0.4, -0.2) is 170 Å². The Morgan fingerprint density at radius 1 is 0.849 bits per heavy atom. The third-order valence-electron chi connectivity index (χ3n) is 15.8. The van der Waals surface area contributed by atoms with Crippen LogP contribution in [0.15, 0.2) is 84.5 Å². The molecule has 23 heteroatoms. The summed E-state index contributed by atoms with van der Waals surface area (Å²) in [5.74, 6) is -5.85. The number of primary amides is 1. The molecule has 0 spiro atoms. The highest BCUT2D eigenvalue weighted by molar-refractivity contribution is 5.98. The Bertz CT molecular complexity index is 2600. The second-order valence-electron chi connectivity index (χ2n) is 23.3. The van der Waals surface area contributed by atoms with Crippen molar-refractivity contribution in [1.82, 2.24) is 30.7 Å². The monoisotopic (exact) mass is 1200 g/mol. The molecule has 9 N–H and O–H groups in total. The molecule has 1 aliphatic heterocycles. The lowest BCUT2D eigenvalue weighted by molar-refractivity contribution is -0.196. The molecule has 0 aliphatic carbocycles. The van der Waals surface area contributed by atoms with E-state index in [2.05, 4.69) is 39.4 Å². The van der Waals surface area contributed by atoms with E-state index in [1.165, 1.54) is 36.3 Å². The van der Waals surface area contributed by atoms with Crippen LogP contribution in [0, 0.1) is 35.5 Å². The van der Waals surface area contributed by atoms with Crippen molar-refractivity contribution in [2.75, 3.05) is 53.3 Å². The quantitative estimate of drug-likeness (QED) is 0.0189. The predicted octanol–water partition coefficient (Wildman–Crippen LogP) is 5.69. The molecule has 2 aromatic rings. The number of esters is 1. The lowest BCUT2D eigenvalue weighted by Gasteiger charge is -2.43. The SMILES string of the molecule is C=CCOC(=O)C(C=NC(=O)[C@H](C)[C@@H](OC)[C@@]1(O)CCCN1C(=O)C[C@@H](OC)[C@H]([C@@H](C)CC)N(C)C(=O)[C@@H](NC(=C)[C@H](C(C)C)N(C)C(=O)OCc1ccc(NC(=O)[C@H](CCCNC(N)=O)NC(=O)C(N)C(C)C)cc1)C(C)C)Cc1ccccc1. The second kappa shape index (κ2) is 35.4. The van der Waals surface area contributed by atoms with Gasteiger partial charge >= 0.3 is 18.1 Å². The molecule has 0 aromatic heterocycles. The van der Waals surface area contributed by atoms with Gasteiger partial charge < -0.3 is 71.5 Å². The molecular weight excluding hydrogens is 1100 g/mol. The van der Waals surface area contributed by atoms with Crippen LogP contribution in [0.3, 0.4) is 0 Å². The number of aliphatic imine (C=N–C) groups is 1. The number of aliphatic hydroxyl groups is 1. The summed E-state index contributed by atoms with van der Waals surface area (Å²) in [7, 11) is 6.07. The maximum Gasteiger partial charge on any atom is 0.410 e. The van der Waals surface area contributed by atoms with E-state index in [9.17, 15) is 43.5 Å². The van der Waals surface area contributed by atoms with E-state index < -0.39 is 102 Å². The van der Waals surface area contributed by atoms with Crippen LogP contribution < -0.4 is 32.7 Å². The second-order valence-corrected chi connectivity index (χ2v) is 23.3. The molecule has 0 radical (unpaired) electrons. The number of nitrogens with zero attached hydrogens (tertiary/aromatic N) is 4. The van der Waals surface area contributed by atoms with Crippen molar-refractivity contribution in [3.05, 3.63) is 90.7 Å². The van der Waals surface area contributed by atoms with E-state index >= 15 is 0 Å². The molecule has 1 fully saturated rings. The first-order valence-corrected chi connectivity index (χ1v) is 29.7. The van der Waals surface area contributed by atoms with Gasteiger partial charge in [-0.15, -0.1) is 0 Å². The first kappa shape index (κ1) is 73.0. The van der Waals surface area contributed by atoms with Crippen molar-refractivity contribution < 1.29 is 62.4 Å². The number of carbonyl (C=O) groups excluding carboxylic acids is 8. The molecule has 0 bridgehead atoms. The van der Waals surface area contributed by atoms with Crippen LogP contribution in [0.5, 0.6) is 0 Å². The Kier molecular flexibility index (Phi) is 30.1. The van der Waals surface area contributed by atoms with Gasteiger partial charge in [-0.05, 0) is 79.0 Å². The van der Waals surface area contributed by atoms with Gasteiger partial charge in [-0.2, -0.15) is 0 Å².